The molecule has 0 radical (unpaired) electrons. The van der Waals surface area contributed by atoms with E-state index in [-0.39, 0.29) is 37.2 Å². The Kier molecular flexibility index (Phi) is 5.68. The Bertz CT molecular complexity index is 539. The van der Waals surface area contributed by atoms with Crippen LogP contribution in [0.25, 0.3) is 0 Å². The number of aromatic nitrogens is 1. The number of hydrogen-bond acceptors (Lipinski definition) is 3. The fraction of sp³-hybridized carbons (Fsp3) is 0.647. The first kappa shape index (κ1) is 17.8. The smallest absolute Gasteiger partial charge is 0.248 e. The zero-order valence-corrected chi connectivity index (χ0v) is 13.6. The van der Waals surface area contributed by atoms with E-state index in [1.165, 1.54) is 0 Å². The molecule has 0 spiro atoms. The molecule has 1 heterocycles. The first-order valence-corrected chi connectivity index (χ1v) is 8.08. The zero-order valence-electron chi connectivity index (χ0n) is 13.6. The number of carbonyl (C=O) groups excluding carboxylic acids is 1. The minimum atomic E-state index is -2.56. The number of alkyl halides is 2. The van der Waals surface area contributed by atoms with E-state index in [0.717, 1.165) is 5.69 Å². The van der Waals surface area contributed by atoms with Crippen molar-refractivity contribution in [2.75, 3.05) is 6.61 Å². The van der Waals surface area contributed by atoms with Crippen LogP contribution in [0.4, 0.5) is 8.78 Å². The number of aliphatic hydroxyl groups is 1. The highest BCUT2D eigenvalue weighted by Crippen LogP contribution is 2.40. The third-order valence-electron chi connectivity index (χ3n) is 4.31. The number of pyridine rings is 1. The van der Waals surface area contributed by atoms with Crippen LogP contribution in [0.2, 0.25) is 0 Å². The average molecular weight is 326 g/mol. The van der Waals surface area contributed by atoms with Gasteiger partial charge in [0.05, 0.1) is 18.3 Å². The second kappa shape index (κ2) is 7.34. The molecule has 0 aromatic carbocycles. The monoisotopic (exact) mass is 326 g/mol. The molecule has 0 bridgehead atoms. The number of carbonyl (C=O) groups is 1. The fourth-order valence-electron chi connectivity index (χ4n) is 2.78. The van der Waals surface area contributed by atoms with E-state index in [2.05, 4.69) is 10.3 Å². The van der Waals surface area contributed by atoms with E-state index in [4.69, 9.17) is 0 Å². The third kappa shape index (κ3) is 4.70. The van der Waals surface area contributed by atoms with Gasteiger partial charge in [-0.25, -0.2) is 8.78 Å². The molecule has 0 saturated heterocycles. The molecule has 23 heavy (non-hydrogen) atoms. The summed E-state index contributed by atoms with van der Waals surface area (Å²) in [5, 5.41) is 12.3. The number of nitrogens with one attached hydrogen (secondary N) is 1. The SMILES string of the molecule is CC(C)C(=O)NC(CO)c1cccc(C2CCC(F)(F)CC2)n1. The topological polar surface area (TPSA) is 62.2 Å². The molecule has 1 atom stereocenters. The number of amides is 1. The summed E-state index contributed by atoms with van der Waals surface area (Å²) in [4.78, 5) is 16.3. The molecule has 1 unspecified atom stereocenters. The Labute approximate surface area is 135 Å². The molecular weight excluding hydrogens is 302 g/mol. The Morgan fingerprint density at radius 3 is 2.61 bits per heavy atom. The zero-order chi connectivity index (χ0) is 17.0. The van der Waals surface area contributed by atoms with Crippen LogP contribution in [-0.4, -0.2) is 28.5 Å². The largest absolute Gasteiger partial charge is 0.394 e. The number of nitrogens with zero attached hydrogens (tertiary/aromatic N) is 1. The highest BCUT2D eigenvalue weighted by Gasteiger charge is 2.35. The van der Waals surface area contributed by atoms with Gasteiger partial charge < -0.3 is 10.4 Å². The van der Waals surface area contributed by atoms with Gasteiger partial charge in [0.25, 0.3) is 0 Å². The van der Waals surface area contributed by atoms with Gasteiger partial charge in [-0.15, -0.1) is 0 Å². The molecule has 4 nitrogen and oxygen atoms in total. The summed E-state index contributed by atoms with van der Waals surface area (Å²) in [7, 11) is 0. The molecule has 6 heteroatoms. The molecule has 1 aliphatic carbocycles. The van der Waals surface area contributed by atoms with Gasteiger partial charge in [-0.2, -0.15) is 0 Å². The normalized spacial score (nSPS) is 19.6. The van der Waals surface area contributed by atoms with Crippen molar-refractivity contribution in [2.45, 2.75) is 57.4 Å². The van der Waals surface area contributed by atoms with Gasteiger partial charge in [0.2, 0.25) is 11.8 Å². The van der Waals surface area contributed by atoms with E-state index in [9.17, 15) is 18.7 Å². The van der Waals surface area contributed by atoms with Crippen LogP contribution in [0.15, 0.2) is 18.2 Å². The van der Waals surface area contributed by atoms with E-state index in [1.54, 1.807) is 26.0 Å². The van der Waals surface area contributed by atoms with Crippen molar-refractivity contribution in [1.82, 2.24) is 10.3 Å². The van der Waals surface area contributed by atoms with Crippen molar-refractivity contribution < 1.29 is 18.7 Å². The van der Waals surface area contributed by atoms with Crippen molar-refractivity contribution in [3.8, 4) is 0 Å². The molecule has 0 aliphatic heterocycles. The van der Waals surface area contributed by atoms with Crippen molar-refractivity contribution >= 4 is 5.91 Å². The fourth-order valence-corrected chi connectivity index (χ4v) is 2.78. The van der Waals surface area contributed by atoms with Gasteiger partial charge in [0.1, 0.15) is 0 Å². The van der Waals surface area contributed by atoms with Crippen LogP contribution in [0, 0.1) is 5.92 Å². The van der Waals surface area contributed by atoms with Crippen LogP contribution in [0.5, 0.6) is 0 Å². The number of rotatable bonds is 5. The van der Waals surface area contributed by atoms with E-state index in [1.807, 2.05) is 6.07 Å². The molecule has 1 aliphatic rings. The molecule has 1 aromatic heterocycles. The summed E-state index contributed by atoms with van der Waals surface area (Å²) >= 11 is 0. The number of hydrogen-bond donors (Lipinski definition) is 2. The molecular formula is C17H24F2N2O2. The Morgan fingerprint density at radius 1 is 1.39 bits per heavy atom. The predicted octanol–water partition coefficient (Wildman–Crippen LogP) is 3.18. The summed E-state index contributed by atoms with van der Waals surface area (Å²) < 4.78 is 26.5. The maximum absolute atomic E-state index is 13.3. The van der Waals surface area contributed by atoms with Gasteiger partial charge in [-0.3, -0.25) is 9.78 Å². The highest BCUT2D eigenvalue weighted by molar-refractivity contribution is 5.78. The van der Waals surface area contributed by atoms with E-state index in [0.29, 0.717) is 18.5 Å². The molecule has 1 saturated carbocycles. The number of halogens is 2. The molecule has 2 N–H and O–H groups in total. The lowest BCUT2D eigenvalue weighted by atomic mass is 9.84. The van der Waals surface area contributed by atoms with Gasteiger partial charge in [-0.1, -0.05) is 19.9 Å². The maximum atomic E-state index is 13.3. The van der Waals surface area contributed by atoms with Crippen molar-refractivity contribution in [3.63, 3.8) is 0 Å². The number of aliphatic hydroxyl groups excluding tert-OH is 1. The Hall–Kier alpha value is -1.56. The third-order valence-corrected chi connectivity index (χ3v) is 4.31. The minimum Gasteiger partial charge on any atom is -0.394 e. The first-order valence-electron chi connectivity index (χ1n) is 8.08. The van der Waals surface area contributed by atoms with Crippen LogP contribution in [0.1, 0.15) is 62.9 Å². The lowest BCUT2D eigenvalue weighted by molar-refractivity contribution is -0.125. The summed E-state index contributed by atoms with van der Waals surface area (Å²) in [6.45, 7) is 3.29. The van der Waals surface area contributed by atoms with Crippen molar-refractivity contribution in [1.29, 1.82) is 0 Å². The summed E-state index contributed by atoms with van der Waals surface area (Å²) in [5.74, 6) is -2.90. The minimum absolute atomic E-state index is 0.00900. The van der Waals surface area contributed by atoms with Gasteiger partial charge in [0, 0.05) is 30.4 Å². The Balaban J connectivity index is 2.11. The predicted molar refractivity (Wildman–Crippen MR) is 83.2 cm³/mol. The van der Waals surface area contributed by atoms with Crippen molar-refractivity contribution in [3.05, 3.63) is 29.6 Å². The summed E-state index contributed by atoms with van der Waals surface area (Å²) in [5.41, 5.74) is 1.33. The average Bonchev–Trinajstić information content (AvgIpc) is 2.52. The van der Waals surface area contributed by atoms with Crippen molar-refractivity contribution in [2.24, 2.45) is 5.92 Å². The van der Waals surface area contributed by atoms with E-state index >= 15 is 0 Å². The molecule has 128 valence electrons. The molecule has 2 rings (SSSR count). The lowest BCUT2D eigenvalue weighted by Crippen LogP contribution is -2.34. The van der Waals surface area contributed by atoms with Crippen LogP contribution in [0.3, 0.4) is 0 Å². The van der Waals surface area contributed by atoms with Crippen LogP contribution < -0.4 is 5.32 Å². The first-order chi connectivity index (χ1) is 10.8. The van der Waals surface area contributed by atoms with Crippen LogP contribution in [-0.2, 0) is 4.79 Å². The van der Waals surface area contributed by atoms with Crippen LogP contribution >= 0.6 is 0 Å². The summed E-state index contributed by atoms with van der Waals surface area (Å²) in [6.07, 6.45) is 0.589. The summed E-state index contributed by atoms with van der Waals surface area (Å²) in [6, 6.07) is 4.79. The molecule has 1 fully saturated rings. The standard InChI is InChI=1S/C17H24F2N2O2/c1-11(2)16(23)21-15(10-22)14-5-3-4-13(20-14)12-6-8-17(18,19)9-7-12/h3-5,11-12,15,22H,6-10H2,1-2H3,(H,21,23). The Morgan fingerprint density at radius 2 is 2.04 bits per heavy atom. The van der Waals surface area contributed by atoms with Gasteiger partial charge >= 0.3 is 0 Å². The van der Waals surface area contributed by atoms with Gasteiger partial charge in [0.15, 0.2) is 0 Å². The quantitative estimate of drug-likeness (QED) is 0.873. The second-order valence-electron chi connectivity index (χ2n) is 6.52. The molecule has 1 aromatic rings. The lowest BCUT2D eigenvalue weighted by Gasteiger charge is -2.28. The maximum Gasteiger partial charge on any atom is 0.248 e. The van der Waals surface area contributed by atoms with E-state index < -0.39 is 12.0 Å². The second-order valence-corrected chi connectivity index (χ2v) is 6.52. The van der Waals surface area contributed by atoms with Gasteiger partial charge in [-0.05, 0) is 25.0 Å². The molecule has 1 amide bonds. The highest BCUT2D eigenvalue weighted by atomic mass is 19.3.